The fourth-order valence-corrected chi connectivity index (χ4v) is 3.16. The van der Waals surface area contributed by atoms with Crippen LogP contribution < -0.4 is 4.72 Å². The number of halogens is 3. The summed E-state index contributed by atoms with van der Waals surface area (Å²) in [6, 6.07) is 8.91. The molecule has 2 rings (SSSR count). The van der Waals surface area contributed by atoms with Crippen LogP contribution in [0.25, 0.3) is 0 Å². The molecule has 0 unspecified atom stereocenters. The van der Waals surface area contributed by atoms with E-state index < -0.39 is 21.8 Å². The highest BCUT2D eigenvalue weighted by atomic mass is 32.2. The molecule has 1 N–H and O–H groups in total. The highest BCUT2D eigenvalue weighted by molar-refractivity contribution is 7.92. The Morgan fingerprint density at radius 2 is 1.71 bits per heavy atom. The van der Waals surface area contributed by atoms with Crippen molar-refractivity contribution in [2.45, 2.75) is 11.1 Å². The lowest BCUT2D eigenvalue weighted by Crippen LogP contribution is -2.14. The van der Waals surface area contributed by atoms with Gasteiger partial charge in [-0.25, -0.2) is 8.42 Å². The van der Waals surface area contributed by atoms with Gasteiger partial charge in [-0.05, 0) is 36.4 Å². The van der Waals surface area contributed by atoms with E-state index in [1.165, 1.54) is 24.3 Å². The third-order valence-electron chi connectivity index (χ3n) is 3.07. The van der Waals surface area contributed by atoms with Crippen molar-refractivity contribution in [1.29, 1.82) is 0 Å². The molecule has 2 aromatic carbocycles. The molecule has 0 saturated carbocycles. The molecule has 0 fully saturated rings. The van der Waals surface area contributed by atoms with Crippen LogP contribution in [0.1, 0.15) is 15.9 Å². The van der Waals surface area contributed by atoms with Gasteiger partial charge in [0.05, 0.1) is 16.2 Å². The summed E-state index contributed by atoms with van der Waals surface area (Å²) >= 11 is 3.84. The van der Waals surface area contributed by atoms with E-state index in [2.05, 4.69) is 17.4 Å². The molecule has 0 saturated heterocycles. The van der Waals surface area contributed by atoms with Crippen molar-refractivity contribution in [1.82, 2.24) is 0 Å². The topological polar surface area (TPSA) is 63.2 Å². The molecule has 0 spiro atoms. The Labute approximate surface area is 142 Å². The van der Waals surface area contributed by atoms with Crippen molar-refractivity contribution in [2.24, 2.45) is 0 Å². The van der Waals surface area contributed by atoms with Gasteiger partial charge in [-0.2, -0.15) is 25.8 Å². The Bertz CT molecular complexity index is 847. The highest BCUT2D eigenvalue weighted by Gasteiger charge is 2.30. The van der Waals surface area contributed by atoms with Gasteiger partial charge in [-0.3, -0.25) is 9.52 Å². The lowest BCUT2D eigenvalue weighted by molar-refractivity contribution is -0.137. The van der Waals surface area contributed by atoms with Crippen LogP contribution in [-0.2, 0) is 16.2 Å². The second kappa shape index (κ2) is 6.86. The average molecular weight is 375 g/mol. The number of carbonyl (C=O) groups is 1. The van der Waals surface area contributed by atoms with Gasteiger partial charge in [0.1, 0.15) is 0 Å². The van der Waals surface area contributed by atoms with Crippen molar-refractivity contribution >= 4 is 34.1 Å². The molecule has 0 aliphatic carbocycles. The Morgan fingerprint density at radius 1 is 1.08 bits per heavy atom. The smallest absolute Gasteiger partial charge is 0.293 e. The largest absolute Gasteiger partial charge is 0.416 e. The molecule has 24 heavy (non-hydrogen) atoms. The van der Waals surface area contributed by atoms with Crippen LogP contribution in [0.2, 0.25) is 0 Å². The zero-order chi connectivity index (χ0) is 18.0. The third kappa shape index (κ3) is 4.30. The number of thiol groups is 1. The van der Waals surface area contributed by atoms with E-state index in [9.17, 15) is 26.4 Å². The quantitative estimate of drug-likeness (QED) is 0.620. The first kappa shape index (κ1) is 18.3. The summed E-state index contributed by atoms with van der Waals surface area (Å²) in [6.45, 7) is 0. The van der Waals surface area contributed by atoms with Gasteiger partial charge in [-0.15, -0.1) is 0 Å². The van der Waals surface area contributed by atoms with E-state index in [0.29, 0.717) is 0 Å². The van der Waals surface area contributed by atoms with Crippen LogP contribution in [0, 0.1) is 0 Å². The van der Waals surface area contributed by atoms with Gasteiger partial charge in [-0.1, -0.05) is 12.1 Å². The molecule has 2 aromatic rings. The number of benzene rings is 2. The summed E-state index contributed by atoms with van der Waals surface area (Å²) in [4.78, 5) is 11.4. The molecular formula is C15H12F3NO3S2. The second-order valence-corrected chi connectivity index (χ2v) is 6.79. The van der Waals surface area contributed by atoms with Crippen molar-refractivity contribution in [3.63, 3.8) is 0 Å². The first-order valence-corrected chi connectivity index (χ1v) is 8.69. The summed E-state index contributed by atoms with van der Waals surface area (Å²) in [5, 5.41) is 0. The molecule has 0 heterocycles. The SMILES string of the molecule is O=C(CS)c1cccc(S(=O)(=O)Nc2ccc(C(F)(F)F)cc2)c1. The molecule has 0 bridgehead atoms. The van der Waals surface area contributed by atoms with E-state index in [0.717, 1.165) is 24.3 Å². The van der Waals surface area contributed by atoms with Crippen LogP contribution in [0.4, 0.5) is 18.9 Å². The number of hydrogen-bond donors (Lipinski definition) is 2. The molecule has 0 aliphatic heterocycles. The maximum Gasteiger partial charge on any atom is 0.416 e. The summed E-state index contributed by atoms with van der Waals surface area (Å²) in [6.07, 6.45) is -4.50. The standard InChI is InChI=1S/C15H12F3NO3S2/c16-15(17,18)11-4-6-12(7-5-11)19-24(21,22)13-3-1-2-10(8-13)14(20)9-23/h1-8,19,23H,9H2. The van der Waals surface area contributed by atoms with Crippen molar-refractivity contribution in [3.05, 3.63) is 59.7 Å². The molecule has 9 heteroatoms. The molecule has 4 nitrogen and oxygen atoms in total. The van der Waals surface area contributed by atoms with E-state index in [1.54, 1.807) is 0 Å². The first-order chi connectivity index (χ1) is 11.1. The number of Topliss-reactive ketones (excluding diaryl/α,β-unsaturated/α-hetero) is 1. The van der Waals surface area contributed by atoms with Gasteiger partial charge >= 0.3 is 6.18 Å². The molecule has 0 radical (unpaired) electrons. The van der Waals surface area contributed by atoms with Crippen molar-refractivity contribution in [2.75, 3.05) is 10.5 Å². The normalized spacial score (nSPS) is 12.0. The molecule has 0 atom stereocenters. The number of rotatable bonds is 5. The minimum atomic E-state index is -4.50. The van der Waals surface area contributed by atoms with Gasteiger partial charge in [0.2, 0.25) is 0 Å². The fraction of sp³-hybridized carbons (Fsp3) is 0.133. The number of ketones is 1. The number of nitrogens with one attached hydrogen (secondary N) is 1. The minimum absolute atomic E-state index is 0.0195. The Kier molecular flexibility index (Phi) is 5.24. The number of carbonyl (C=O) groups excluding carboxylic acids is 1. The number of anilines is 1. The number of sulfonamides is 1. The van der Waals surface area contributed by atoms with Crippen LogP contribution in [0.3, 0.4) is 0 Å². The fourth-order valence-electron chi connectivity index (χ4n) is 1.87. The predicted octanol–water partition coefficient (Wildman–Crippen LogP) is 3.62. The molecule has 0 aliphatic rings. The van der Waals surface area contributed by atoms with Gasteiger partial charge in [0, 0.05) is 11.3 Å². The van der Waals surface area contributed by atoms with Crippen LogP contribution in [0.5, 0.6) is 0 Å². The minimum Gasteiger partial charge on any atom is -0.293 e. The van der Waals surface area contributed by atoms with E-state index >= 15 is 0 Å². The molecule has 128 valence electrons. The summed E-state index contributed by atoms with van der Waals surface area (Å²) in [7, 11) is -4.03. The lowest BCUT2D eigenvalue weighted by atomic mass is 10.1. The summed E-state index contributed by atoms with van der Waals surface area (Å²) in [5.74, 6) is -0.416. The second-order valence-electron chi connectivity index (χ2n) is 4.79. The average Bonchev–Trinajstić information content (AvgIpc) is 2.53. The van der Waals surface area contributed by atoms with Crippen molar-refractivity contribution in [3.8, 4) is 0 Å². The Hall–Kier alpha value is -2.00. The van der Waals surface area contributed by atoms with Crippen LogP contribution in [0.15, 0.2) is 53.4 Å². The summed E-state index contributed by atoms with van der Waals surface area (Å²) < 4.78 is 64.2. The van der Waals surface area contributed by atoms with Crippen molar-refractivity contribution < 1.29 is 26.4 Å². The Morgan fingerprint density at radius 3 is 2.25 bits per heavy atom. The van der Waals surface area contributed by atoms with E-state index in [1.807, 2.05) is 0 Å². The highest BCUT2D eigenvalue weighted by Crippen LogP contribution is 2.30. The van der Waals surface area contributed by atoms with Gasteiger partial charge in [0.25, 0.3) is 10.0 Å². The number of hydrogen-bond acceptors (Lipinski definition) is 4. The molecule has 0 amide bonds. The van der Waals surface area contributed by atoms with Crippen LogP contribution >= 0.6 is 12.6 Å². The lowest BCUT2D eigenvalue weighted by Gasteiger charge is -2.11. The maximum absolute atomic E-state index is 12.5. The monoisotopic (exact) mass is 375 g/mol. The third-order valence-corrected chi connectivity index (χ3v) is 4.74. The van der Waals surface area contributed by atoms with Crippen LogP contribution in [-0.4, -0.2) is 20.0 Å². The van der Waals surface area contributed by atoms with Gasteiger partial charge in [0.15, 0.2) is 5.78 Å². The zero-order valence-electron chi connectivity index (χ0n) is 12.0. The predicted molar refractivity (Wildman–Crippen MR) is 86.9 cm³/mol. The number of alkyl halides is 3. The zero-order valence-corrected chi connectivity index (χ0v) is 13.8. The Balaban J connectivity index is 2.27. The summed E-state index contributed by atoms with van der Waals surface area (Å²) in [5.41, 5.74) is -0.721. The molecular weight excluding hydrogens is 363 g/mol. The maximum atomic E-state index is 12.5. The van der Waals surface area contributed by atoms with E-state index in [4.69, 9.17) is 0 Å². The first-order valence-electron chi connectivity index (χ1n) is 6.58. The molecule has 0 aromatic heterocycles. The van der Waals surface area contributed by atoms with Gasteiger partial charge < -0.3 is 0 Å². The van der Waals surface area contributed by atoms with E-state index in [-0.39, 0.29) is 27.7 Å².